The van der Waals surface area contributed by atoms with Crippen molar-refractivity contribution in [3.05, 3.63) is 27.6 Å². The van der Waals surface area contributed by atoms with E-state index in [4.69, 9.17) is 25.8 Å². The van der Waals surface area contributed by atoms with E-state index in [0.29, 0.717) is 22.1 Å². The lowest BCUT2D eigenvalue weighted by Crippen LogP contribution is -2.34. The number of fused-ring (bicyclic) bond motifs is 1. The number of rotatable bonds is 4. The largest absolute Gasteiger partial charge is 0.465 e. The van der Waals surface area contributed by atoms with Gasteiger partial charge in [0.1, 0.15) is 6.54 Å². The Kier molecular flexibility index (Phi) is 4.68. The molecule has 24 heavy (non-hydrogen) atoms. The van der Waals surface area contributed by atoms with Crippen molar-refractivity contribution in [2.24, 2.45) is 0 Å². The average Bonchev–Trinajstić information content (AvgIpc) is 3.07. The topological polar surface area (TPSA) is 82.1 Å². The average molecular weight is 370 g/mol. The molecule has 0 saturated carbocycles. The molecule has 0 unspecified atom stereocenters. The minimum Gasteiger partial charge on any atom is -0.465 e. The van der Waals surface area contributed by atoms with Crippen LogP contribution in [-0.2, 0) is 14.3 Å². The van der Waals surface area contributed by atoms with Crippen molar-refractivity contribution in [1.82, 2.24) is 4.90 Å². The number of imide groups is 1. The molecule has 2 heterocycles. The van der Waals surface area contributed by atoms with Crippen molar-refractivity contribution in [3.8, 4) is 11.5 Å². The van der Waals surface area contributed by atoms with Crippen LogP contribution in [0.3, 0.4) is 0 Å². The molecule has 0 N–H and O–H groups in total. The standard InChI is InChI=1S/C15H12ClNO6S/c1-2-21-13(18)6-17-14(19)12(24-15(17)20)4-8-3-10-11(5-9(8)16)23-7-22-10/h3-5H,2,6-7H2,1H3/b12-4+. The second-order valence-corrected chi connectivity index (χ2v) is 6.20. The predicted octanol–water partition coefficient (Wildman–Crippen LogP) is 2.67. The van der Waals surface area contributed by atoms with E-state index in [-0.39, 0.29) is 18.3 Å². The summed E-state index contributed by atoms with van der Waals surface area (Å²) in [7, 11) is 0. The number of ether oxygens (including phenoxy) is 3. The van der Waals surface area contributed by atoms with Crippen LogP contribution in [0, 0.1) is 0 Å². The van der Waals surface area contributed by atoms with E-state index in [0.717, 1.165) is 16.7 Å². The molecule has 0 radical (unpaired) electrons. The van der Waals surface area contributed by atoms with Crippen molar-refractivity contribution in [3.63, 3.8) is 0 Å². The van der Waals surface area contributed by atoms with Gasteiger partial charge in [0.05, 0.1) is 16.5 Å². The van der Waals surface area contributed by atoms with Gasteiger partial charge in [0, 0.05) is 6.07 Å². The molecule has 7 nitrogen and oxygen atoms in total. The Labute approximate surface area is 146 Å². The number of hydrogen-bond donors (Lipinski definition) is 0. The van der Waals surface area contributed by atoms with Crippen LogP contribution in [0.4, 0.5) is 4.79 Å². The molecular formula is C15H12ClNO6S. The van der Waals surface area contributed by atoms with E-state index < -0.39 is 23.7 Å². The summed E-state index contributed by atoms with van der Waals surface area (Å²) in [6.07, 6.45) is 1.49. The van der Waals surface area contributed by atoms with Gasteiger partial charge in [-0.05, 0) is 36.4 Å². The molecule has 3 rings (SSSR count). The molecule has 2 aliphatic rings. The van der Waals surface area contributed by atoms with Crippen LogP contribution < -0.4 is 9.47 Å². The van der Waals surface area contributed by atoms with Crippen LogP contribution in [0.25, 0.3) is 6.08 Å². The first-order valence-electron chi connectivity index (χ1n) is 6.99. The molecule has 2 aliphatic heterocycles. The lowest BCUT2D eigenvalue weighted by atomic mass is 10.2. The lowest BCUT2D eigenvalue weighted by molar-refractivity contribution is -0.145. The predicted molar refractivity (Wildman–Crippen MR) is 86.9 cm³/mol. The maximum absolute atomic E-state index is 12.3. The van der Waals surface area contributed by atoms with Crippen molar-refractivity contribution in [2.45, 2.75) is 6.92 Å². The maximum Gasteiger partial charge on any atom is 0.326 e. The quantitative estimate of drug-likeness (QED) is 0.596. The minimum atomic E-state index is -0.637. The summed E-state index contributed by atoms with van der Waals surface area (Å²) in [6, 6.07) is 3.21. The van der Waals surface area contributed by atoms with E-state index in [1.54, 1.807) is 19.1 Å². The van der Waals surface area contributed by atoms with Gasteiger partial charge in [0.25, 0.3) is 11.1 Å². The summed E-state index contributed by atoms with van der Waals surface area (Å²) in [4.78, 5) is 36.8. The third kappa shape index (κ3) is 3.20. The van der Waals surface area contributed by atoms with Crippen molar-refractivity contribution in [1.29, 1.82) is 0 Å². The van der Waals surface area contributed by atoms with Crippen LogP contribution in [-0.4, -0.2) is 42.0 Å². The lowest BCUT2D eigenvalue weighted by Gasteiger charge is -2.10. The molecule has 1 aromatic rings. The van der Waals surface area contributed by atoms with Crippen molar-refractivity contribution < 1.29 is 28.6 Å². The van der Waals surface area contributed by atoms with E-state index in [1.165, 1.54) is 6.08 Å². The highest BCUT2D eigenvalue weighted by Crippen LogP contribution is 2.39. The highest BCUT2D eigenvalue weighted by Gasteiger charge is 2.36. The van der Waals surface area contributed by atoms with Crippen LogP contribution in [0.1, 0.15) is 12.5 Å². The Bertz CT molecular complexity index is 763. The highest BCUT2D eigenvalue weighted by molar-refractivity contribution is 8.18. The third-order valence-electron chi connectivity index (χ3n) is 3.24. The van der Waals surface area contributed by atoms with E-state index in [1.807, 2.05) is 0 Å². The fourth-order valence-corrected chi connectivity index (χ4v) is 3.19. The fourth-order valence-electron chi connectivity index (χ4n) is 2.16. The maximum atomic E-state index is 12.3. The van der Waals surface area contributed by atoms with E-state index in [2.05, 4.69) is 0 Å². The normalized spacial score (nSPS) is 17.8. The number of esters is 1. The number of benzene rings is 1. The second-order valence-electron chi connectivity index (χ2n) is 4.80. The molecule has 9 heteroatoms. The fraction of sp³-hybridized carbons (Fsp3) is 0.267. The number of carbonyl (C=O) groups is 3. The summed E-state index contributed by atoms with van der Waals surface area (Å²) >= 11 is 6.90. The van der Waals surface area contributed by atoms with Crippen LogP contribution in [0.5, 0.6) is 11.5 Å². The van der Waals surface area contributed by atoms with E-state index in [9.17, 15) is 14.4 Å². The Morgan fingerprint density at radius 2 is 2.08 bits per heavy atom. The number of halogens is 1. The van der Waals surface area contributed by atoms with Crippen molar-refractivity contribution >= 4 is 46.6 Å². The molecule has 2 amide bonds. The Balaban J connectivity index is 1.83. The smallest absolute Gasteiger partial charge is 0.326 e. The zero-order chi connectivity index (χ0) is 17.3. The van der Waals surface area contributed by atoms with Gasteiger partial charge in [-0.3, -0.25) is 19.3 Å². The van der Waals surface area contributed by atoms with Gasteiger partial charge in [-0.25, -0.2) is 0 Å². The first kappa shape index (κ1) is 16.7. The molecule has 1 saturated heterocycles. The number of amides is 2. The summed E-state index contributed by atoms with van der Waals surface area (Å²) in [5, 5.41) is -0.174. The van der Waals surface area contributed by atoms with Gasteiger partial charge < -0.3 is 14.2 Å². The van der Waals surface area contributed by atoms with Gasteiger partial charge in [0.15, 0.2) is 11.5 Å². The van der Waals surface area contributed by atoms with E-state index >= 15 is 0 Å². The van der Waals surface area contributed by atoms with Gasteiger partial charge >= 0.3 is 5.97 Å². The summed E-state index contributed by atoms with van der Waals surface area (Å²) in [6.45, 7) is 1.51. The first-order valence-corrected chi connectivity index (χ1v) is 8.19. The Hall–Kier alpha value is -2.19. The van der Waals surface area contributed by atoms with Gasteiger partial charge in [0.2, 0.25) is 6.79 Å². The molecule has 1 aromatic carbocycles. The van der Waals surface area contributed by atoms with Crippen molar-refractivity contribution in [2.75, 3.05) is 19.9 Å². The molecular weight excluding hydrogens is 358 g/mol. The highest BCUT2D eigenvalue weighted by atomic mass is 35.5. The number of thioether (sulfide) groups is 1. The number of carbonyl (C=O) groups excluding carboxylic acids is 3. The number of hydrogen-bond acceptors (Lipinski definition) is 7. The zero-order valence-electron chi connectivity index (χ0n) is 12.5. The zero-order valence-corrected chi connectivity index (χ0v) is 14.1. The van der Waals surface area contributed by atoms with Crippen LogP contribution >= 0.6 is 23.4 Å². The molecule has 1 fully saturated rings. The SMILES string of the molecule is CCOC(=O)CN1C(=O)S/C(=C/c2cc3c(cc2Cl)OCO3)C1=O. The summed E-state index contributed by atoms with van der Waals surface area (Å²) in [5.41, 5.74) is 0.516. The molecule has 0 atom stereocenters. The van der Waals surface area contributed by atoms with Gasteiger partial charge in [-0.2, -0.15) is 0 Å². The first-order chi connectivity index (χ1) is 11.5. The second kappa shape index (κ2) is 6.74. The molecule has 0 aliphatic carbocycles. The Morgan fingerprint density at radius 1 is 1.38 bits per heavy atom. The third-order valence-corrected chi connectivity index (χ3v) is 4.48. The molecule has 126 valence electrons. The van der Waals surface area contributed by atoms with Crippen LogP contribution in [0.2, 0.25) is 5.02 Å². The van der Waals surface area contributed by atoms with Crippen LogP contribution in [0.15, 0.2) is 17.0 Å². The monoisotopic (exact) mass is 369 g/mol. The minimum absolute atomic E-state index is 0.102. The summed E-state index contributed by atoms with van der Waals surface area (Å²) in [5.74, 6) is -0.169. The molecule has 0 bridgehead atoms. The molecule has 0 spiro atoms. The summed E-state index contributed by atoms with van der Waals surface area (Å²) < 4.78 is 15.2. The molecule has 0 aromatic heterocycles. The number of nitrogens with zero attached hydrogens (tertiary/aromatic N) is 1. The van der Waals surface area contributed by atoms with Gasteiger partial charge in [-0.15, -0.1) is 0 Å². The van der Waals surface area contributed by atoms with Gasteiger partial charge in [-0.1, -0.05) is 11.6 Å². The Morgan fingerprint density at radius 3 is 2.79 bits per heavy atom.